The second-order valence-corrected chi connectivity index (χ2v) is 9.56. The van der Waals surface area contributed by atoms with Crippen molar-refractivity contribution in [3.8, 4) is 5.75 Å². The van der Waals surface area contributed by atoms with Crippen molar-refractivity contribution >= 4 is 5.91 Å². The Morgan fingerprint density at radius 1 is 0.935 bits per heavy atom. The molecule has 1 aromatic carbocycles. The average Bonchev–Trinajstić information content (AvgIpc) is 2.86. The third kappa shape index (κ3) is 8.12. The molecule has 1 unspecified atom stereocenters. The van der Waals surface area contributed by atoms with Crippen LogP contribution in [0.2, 0.25) is 0 Å². The third-order valence-electron chi connectivity index (χ3n) is 7.09. The van der Waals surface area contributed by atoms with Gasteiger partial charge in [-0.05, 0) is 88.3 Å². The lowest BCUT2D eigenvalue weighted by Crippen LogP contribution is -2.34. The van der Waals surface area contributed by atoms with Crippen molar-refractivity contribution in [2.24, 2.45) is 5.92 Å². The average molecular weight is 430 g/mol. The first-order chi connectivity index (χ1) is 15.2. The molecule has 2 saturated heterocycles. The van der Waals surface area contributed by atoms with Gasteiger partial charge in [0.25, 0.3) is 0 Å². The Kier molecular flexibility index (Phi) is 10.1. The molecule has 2 fully saturated rings. The van der Waals surface area contributed by atoms with E-state index in [2.05, 4.69) is 46.3 Å². The van der Waals surface area contributed by atoms with Crippen molar-refractivity contribution in [1.82, 2.24) is 15.1 Å². The van der Waals surface area contributed by atoms with Crippen molar-refractivity contribution in [2.75, 3.05) is 52.9 Å². The van der Waals surface area contributed by atoms with Crippen LogP contribution in [-0.4, -0.2) is 68.6 Å². The number of carbonyl (C=O) groups is 1. The Hall–Kier alpha value is -1.59. The van der Waals surface area contributed by atoms with Crippen LogP contribution in [0.3, 0.4) is 0 Å². The van der Waals surface area contributed by atoms with E-state index >= 15 is 0 Å². The number of unbranched alkanes of at least 4 members (excludes halogenated alkanes) is 3. The van der Waals surface area contributed by atoms with Gasteiger partial charge >= 0.3 is 0 Å². The van der Waals surface area contributed by atoms with Gasteiger partial charge in [0.15, 0.2) is 0 Å². The fourth-order valence-electron chi connectivity index (χ4n) is 5.08. The van der Waals surface area contributed by atoms with Gasteiger partial charge in [0.2, 0.25) is 5.91 Å². The molecule has 2 aliphatic rings. The topological polar surface area (TPSA) is 44.8 Å². The second kappa shape index (κ2) is 13.1. The van der Waals surface area contributed by atoms with Crippen LogP contribution in [0.25, 0.3) is 0 Å². The number of nitrogens with zero attached hydrogens (tertiary/aromatic N) is 2. The zero-order chi connectivity index (χ0) is 21.9. The van der Waals surface area contributed by atoms with Gasteiger partial charge in [0, 0.05) is 19.5 Å². The molecule has 3 rings (SSSR count). The highest BCUT2D eigenvalue weighted by molar-refractivity contribution is 5.76. The molecule has 1 atom stereocenters. The van der Waals surface area contributed by atoms with Crippen molar-refractivity contribution in [1.29, 1.82) is 0 Å². The number of carbonyl (C=O) groups excluding carboxylic acids is 1. The summed E-state index contributed by atoms with van der Waals surface area (Å²) in [5.41, 5.74) is 1.39. The van der Waals surface area contributed by atoms with E-state index in [4.69, 9.17) is 4.74 Å². The Labute approximate surface area is 189 Å². The van der Waals surface area contributed by atoms with Crippen molar-refractivity contribution in [2.45, 2.75) is 64.2 Å². The molecule has 5 nitrogen and oxygen atoms in total. The maximum absolute atomic E-state index is 11.7. The molecule has 0 saturated carbocycles. The molecule has 2 heterocycles. The van der Waals surface area contributed by atoms with E-state index in [1.807, 2.05) is 0 Å². The third-order valence-corrected chi connectivity index (χ3v) is 7.09. The molecule has 1 N–H and O–H groups in total. The zero-order valence-corrected chi connectivity index (χ0v) is 19.8. The first-order valence-electron chi connectivity index (χ1n) is 12.5. The number of para-hydroxylation sites is 1. The Bertz CT molecular complexity index is 658. The number of hydrogen-bond acceptors (Lipinski definition) is 4. The number of piperidine rings is 1. The SMILES string of the molecule is COc1ccccc1C1CCN(CCCCCCN2CCNC(=O)CC(C)CC2)CC1. The van der Waals surface area contributed by atoms with Gasteiger partial charge in [-0.3, -0.25) is 4.79 Å². The van der Waals surface area contributed by atoms with Crippen molar-refractivity contribution in [3.63, 3.8) is 0 Å². The Balaban J connectivity index is 1.26. The summed E-state index contributed by atoms with van der Waals surface area (Å²) in [7, 11) is 1.78. The van der Waals surface area contributed by atoms with E-state index in [0.29, 0.717) is 18.3 Å². The number of nitrogens with one attached hydrogen (secondary N) is 1. The number of rotatable bonds is 9. The van der Waals surface area contributed by atoms with Crippen LogP contribution < -0.4 is 10.1 Å². The highest BCUT2D eigenvalue weighted by atomic mass is 16.5. The fourth-order valence-corrected chi connectivity index (χ4v) is 5.08. The molecular formula is C26H43N3O2. The maximum atomic E-state index is 11.7. The lowest BCUT2D eigenvalue weighted by Gasteiger charge is -2.32. The van der Waals surface area contributed by atoms with E-state index in [-0.39, 0.29) is 5.91 Å². The minimum atomic E-state index is 0.223. The molecule has 2 aliphatic heterocycles. The molecule has 1 aromatic rings. The second-order valence-electron chi connectivity index (χ2n) is 9.56. The summed E-state index contributed by atoms with van der Waals surface area (Å²) in [5.74, 6) is 2.41. The highest BCUT2D eigenvalue weighted by Crippen LogP contribution is 2.34. The maximum Gasteiger partial charge on any atom is 0.220 e. The van der Waals surface area contributed by atoms with Crippen LogP contribution in [0.4, 0.5) is 0 Å². The molecular weight excluding hydrogens is 386 g/mol. The van der Waals surface area contributed by atoms with Gasteiger partial charge in [0.1, 0.15) is 5.75 Å². The summed E-state index contributed by atoms with van der Waals surface area (Å²) >= 11 is 0. The van der Waals surface area contributed by atoms with Gasteiger partial charge in [0.05, 0.1) is 7.11 Å². The number of methoxy groups -OCH3 is 1. The van der Waals surface area contributed by atoms with Crippen LogP contribution in [0.15, 0.2) is 24.3 Å². The first kappa shape index (κ1) is 24.1. The molecule has 0 bridgehead atoms. The van der Waals surface area contributed by atoms with E-state index in [0.717, 1.165) is 31.8 Å². The molecule has 174 valence electrons. The lowest BCUT2D eigenvalue weighted by molar-refractivity contribution is -0.121. The highest BCUT2D eigenvalue weighted by Gasteiger charge is 2.22. The Morgan fingerprint density at radius 3 is 2.29 bits per heavy atom. The summed E-state index contributed by atoms with van der Waals surface area (Å²) in [5, 5.41) is 3.06. The monoisotopic (exact) mass is 429 g/mol. The standard InChI is InChI=1S/C26H43N3O2/c1-22-11-17-29(20-14-27-26(30)21-22)16-8-4-3-7-15-28-18-12-23(13-19-28)24-9-5-6-10-25(24)31-2/h5-6,9-10,22-23H,3-4,7-8,11-21H2,1-2H3,(H,27,30). The van der Waals surface area contributed by atoms with E-state index < -0.39 is 0 Å². The quantitative estimate of drug-likeness (QED) is 0.595. The van der Waals surface area contributed by atoms with Gasteiger partial charge in [-0.1, -0.05) is 38.0 Å². The molecule has 0 spiro atoms. The van der Waals surface area contributed by atoms with Gasteiger partial charge < -0.3 is 19.9 Å². The Morgan fingerprint density at radius 2 is 1.58 bits per heavy atom. The van der Waals surface area contributed by atoms with E-state index in [1.54, 1.807) is 7.11 Å². The smallest absolute Gasteiger partial charge is 0.220 e. The number of amides is 1. The van der Waals surface area contributed by atoms with E-state index in [1.165, 1.54) is 70.3 Å². The van der Waals surface area contributed by atoms with Gasteiger partial charge in [-0.2, -0.15) is 0 Å². The minimum absolute atomic E-state index is 0.223. The van der Waals surface area contributed by atoms with Crippen LogP contribution >= 0.6 is 0 Å². The van der Waals surface area contributed by atoms with Crippen molar-refractivity contribution < 1.29 is 9.53 Å². The molecule has 0 aliphatic carbocycles. The largest absolute Gasteiger partial charge is 0.496 e. The summed E-state index contributed by atoms with van der Waals surface area (Å²) in [6.07, 6.45) is 9.53. The normalized spacial score (nSPS) is 22.4. The summed E-state index contributed by atoms with van der Waals surface area (Å²) in [6.45, 7) is 9.97. The van der Waals surface area contributed by atoms with Crippen LogP contribution in [0.5, 0.6) is 5.75 Å². The summed E-state index contributed by atoms with van der Waals surface area (Å²) < 4.78 is 5.57. The molecule has 0 radical (unpaired) electrons. The number of benzene rings is 1. The predicted octanol–water partition coefficient (Wildman–Crippen LogP) is 4.28. The van der Waals surface area contributed by atoms with Crippen LogP contribution in [0, 0.1) is 5.92 Å². The first-order valence-corrected chi connectivity index (χ1v) is 12.5. The van der Waals surface area contributed by atoms with Gasteiger partial charge in [-0.15, -0.1) is 0 Å². The van der Waals surface area contributed by atoms with Crippen LogP contribution in [0.1, 0.15) is 69.8 Å². The summed E-state index contributed by atoms with van der Waals surface area (Å²) in [6, 6.07) is 8.52. The van der Waals surface area contributed by atoms with Crippen LogP contribution in [-0.2, 0) is 4.79 Å². The molecule has 31 heavy (non-hydrogen) atoms. The van der Waals surface area contributed by atoms with E-state index in [9.17, 15) is 4.79 Å². The van der Waals surface area contributed by atoms with Gasteiger partial charge in [-0.25, -0.2) is 0 Å². The lowest BCUT2D eigenvalue weighted by atomic mass is 9.88. The number of ether oxygens (including phenoxy) is 1. The number of hydrogen-bond donors (Lipinski definition) is 1. The molecule has 1 amide bonds. The summed E-state index contributed by atoms with van der Waals surface area (Å²) in [4.78, 5) is 16.9. The molecule has 0 aromatic heterocycles. The fraction of sp³-hybridized carbons (Fsp3) is 0.731. The van der Waals surface area contributed by atoms with Crippen molar-refractivity contribution in [3.05, 3.63) is 29.8 Å². The molecule has 5 heteroatoms. The predicted molar refractivity (Wildman–Crippen MR) is 128 cm³/mol. The minimum Gasteiger partial charge on any atom is -0.496 e. The number of likely N-dealkylation sites (tertiary alicyclic amines) is 1. The zero-order valence-electron chi connectivity index (χ0n) is 19.8.